The van der Waals surface area contributed by atoms with Gasteiger partial charge in [0.15, 0.2) is 6.10 Å². The number of hydrogen-bond donors (Lipinski definition) is 0. The van der Waals surface area contributed by atoms with E-state index in [4.69, 9.17) is 4.74 Å². The topological polar surface area (TPSA) is 64.4 Å². The van der Waals surface area contributed by atoms with Crippen molar-refractivity contribution < 1.29 is 14.3 Å². The highest BCUT2D eigenvalue weighted by molar-refractivity contribution is 7.13. The number of nitrogens with zero attached hydrogens (tertiary/aromatic N) is 3. The summed E-state index contributed by atoms with van der Waals surface area (Å²) in [4.78, 5) is 27.0. The van der Waals surface area contributed by atoms with Crippen molar-refractivity contribution in [2.75, 3.05) is 14.1 Å². The maximum atomic E-state index is 12.7. The standard InChI is InChI=1S/C20H21N3O3S/c1-14(19(24)22(2)3)26-20(25)16-13-23(12-15-8-5-4-6-9-15)21-18(16)17-10-7-11-27-17/h4-11,13-14H,12H2,1-3H3/t14-/m1/s1. The molecule has 3 rings (SSSR count). The molecule has 6 nitrogen and oxygen atoms in total. The number of ether oxygens (including phenoxy) is 1. The summed E-state index contributed by atoms with van der Waals surface area (Å²) in [7, 11) is 3.25. The van der Waals surface area contributed by atoms with Gasteiger partial charge in [0.2, 0.25) is 0 Å². The summed E-state index contributed by atoms with van der Waals surface area (Å²) >= 11 is 1.50. The Labute approximate surface area is 162 Å². The summed E-state index contributed by atoms with van der Waals surface area (Å²) in [5.41, 5.74) is 2.00. The minimum Gasteiger partial charge on any atom is -0.449 e. The summed E-state index contributed by atoms with van der Waals surface area (Å²) in [6.45, 7) is 2.11. The molecule has 1 aromatic carbocycles. The summed E-state index contributed by atoms with van der Waals surface area (Å²) in [6.07, 6.45) is 0.818. The maximum Gasteiger partial charge on any atom is 0.342 e. The number of thiophene rings is 1. The van der Waals surface area contributed by atoms with Crippen LogP contribution in [-0.4, -0.2) is 46.8 Å². The molecule has 0 aliphatic rings. The Morgan fingerprint density at radius 2 is 1.93 bits per heavy atom. The van der Waals surface area contributed by atoms with E-state index in [1.54, 1.807) is 31.9 Å². The molecule has 27 heavy (non-hydrogen) atoms. The molecule has 0 bridgehead atoms. The van der Waals surface area contributed by atoms with Gasteiger partial charge in [-0.1, -0.05) is 36.4 Å². The second-order valence-electron chi connectivity index (χ2n) is 6.33. The molecule has 2 heterocycles. The van der Waals surface area contributed by atoms with Gasteiger partial charge in [-0.05, 0) is 23.9 Å². The zero-order valence-corrected chi connectivity index (χ0v) is 16.3. The Hall–Kier alpha value is -2.93. The van der Waals surface area contributed by atoms with Crippen molar-refractivity contribution in [1.82, 2.24) is 14.7 Å². The normalized spacial score (nSPS) is 11.8. The molecule has 0 N–H and O–H groups in total. The van der Waals surface area contributed by atoms with Gasteiger partial charge in [-0.15, -0.1) is 11.3 Å². The minimum atomic E-state index is -0.860. The van der Waals surface area contributed by atoms with Crippen molar-refractivity contribution in [1.29, 1.82) is 0 Å². The van der Waals surface area contributed by atoms with E-state index < -0.39 is 12.1 Å². The molecule has 0 saturated heterocycles. The van der Waals surface area contributed by atoms with Crippen LogP contribution in [0.4, 0.5) is 0 Å². The van der Waals surface area contributed by atoms with Crippen LogP contribution >= 0.6 is 11.3 Å². The second-order valence-corrected chi connectivity index (χ2v) is 7.28. The summed E-state index contributed by atoms with van der Waals surface area (Å²) in [5, 5.41) is 6.52. The van der Waals surface area contributed by atoms with Gasteiger partial charge < -0.3 is 9.64 Å². The first-order chi connectivity index (χ1) is 13.0. The molecular formula is C20H21N3O3S. The van der Waals surface area contributed by atoms with E-state index in [9.17, 15) is 9.59 Å². The molecule has 0 saturated carbocycles. The molecule has 0 aliphatic heterocycles. The fourth-order valence-corrected chi connectivity index (χ4v) is 3.38. The predicted molar refractivity (Wildman–Crippen MR) is 105 cm³/mol. The maximum absolute atomic E-state index is 12.7. The van der Waals surface area contributed by atoms with Crippen molar-refractivity contribution in [2.45, 2.75) is 19.6 Å². The Morgan fingerprint density at radius 1 is 1.19 bits per heavy atom. The monoisotopic (exact) mass is 383 g/mol. The molecule has 140 valence electrons. The van der Waals surface area contributed by atoms with Crippen LogP contribution in [0.15, 0.2) is 54.0 Å². The zero-order valence-electron chi connectivity index (χ0n) is 15.5. The van der Waals surface area contributed by atoms with E-state index >= 15 is 0 Å². The molecule has 0 fully saturated rings. The number of amides is 1. The Morgan fingerprint density at radius 3 is 2.56 bits per heavy atom. The van der Waals surface area contributed by atoms with Crippen LogP contribution in [0.2, 0.25) is 0 Å². The van der Waals surface area contributed by atoms with Crippen molar-refractivity contribution in [3.63, 3.8) is 0 Å². The van der Waals surface area contributed by atoms with E-state index in [0.29, 0.717) is 17.8 Å². The number of esters is 1. The molecule has 0 radical (unpaired) electrons. The third kappa shape index (κ3) is 4.43. The van der Waals surface area contributed by atoms with Gasteiger partial charge in [0.25, 0.3) is 5.91 Å². The number of benzene rings is 1. The fourth-order valence-electron chi connectivity index (χ4n) is 2.66. The predicted octanol–water partition coefficient (Wildman–Crippen LogP) is 3.29. The highest BCUT2D eigenvalue weighted by Crippen LogP contribution is 2.27. The van der Waals surface area contributed by atoms with Gasteiger partial charge in [-0.2, -0.15) is 5.10 Å². The first-order valence-electron chi connectivity index (χ1n) is 8.53. The SMILES string of the molecule is C[C@@H](OC(=O)c1cn(Cc2ccccc2)nc1-c1cccs1)C(=O)N(C)C. The summed E-state index contributed by atoms with van der Waals surface area (Å²) in [6, 6.07) is 13.7. The molecule has 2 aromatic heterocycles. The number of aromatic nitrogens is 2. The molecular weight excluding hydrogens is 362 g/mol. The third-order valence-electron chi connectivity index (χ3n) is 4.00. The van der Waals surface area contributed by atoms with E-state index in [-0.39, 0.29) is 5.91 Å². The second kappa shape index (κ2) is 8.18. The lowest BCUT2D eigenvalue weighted by atomic mass is 10.2. The van der Waals surface area contributed by atoms with E-state index in [2.05, 4.69) is 5.10 Å². The largest absolute Gasteiger partial charge is 0.449 e. The Balaban J connectivity index is 1.88. The number of carbonyl (C=O) groups excluding carboxylic acids is 2. The van der Waals surface area contributed by atoms with Crippen LogP contribution < -0.4 is 0 Å². The van der Waals surface area contributed by atoms with Crippen LogP contribution in [0, 0.1) is 0 Å². The number of rotatable bonds is 6. The van der Waals surface area contributed by atoms with Crippen molar-refractivity contribution in [2.24, 2.45) is 0 Å². The Kier molecular flexibility index (Phi) is 5.71. The molecule has 0 aliphatic carbocycles. The van der Waals surface area contributed by atoms with Crippen LogP contribution in [0.3, 0.4) is 0 Å². The molecule has 3 aromatic rings. The van der Waals surface area contributed by atoms with Gasteiger partial charge in [0.1, 0.15) is 11.3 Å². The molecule has 0 spiro atoms. The quantitative estimate of drug-likeness (QED) is 0.613. The van der Waals surface area contributed by atoms with E-state index in [0.717, 1.165) is 10.4 Å². The summed E-state index contributed by atoms with van der Waals surface area (Å²) in [5.74, 6) is -0.821. The smallest absolute Gasteiger partial charge is 0.342 e. The average Bonchev–Trinajstić information content (AvgIpc) is 3.31. The van der Waals surface area contributed by atoms with Gasteiger partial charge >= 0.3 is 5.97 Å². The summed E-state index contributed by atoms with van der Waals surface area (Å²) < 4.78 is 7.10. The number of hydrogen-bond acceptors (Lipinski definition) is 5. The van der Waals surface area contributed by atoms with Gasteiger partial charge in [-0.3, -0.25) is 9.48 Å². The van der Waals surface area contributed by atoms with E-state index in [1.165, 1.54) is 16.2 Å². The zero-order chi connectivity index (χ0) is 19.4. The lowest BCUT2D eigenvalue weighted by Gasteiger charge is -2.17. The molecule has 1 atom stereocenters. The van der Waals surface area contributed by atoms with Gasteiger partial charge in [-0.25, -0.2) is 4.79 Å². The van der Waals surface area contributed by atoms with Crippen molar-refractivity contribution >= 4 is 23.2 Å². The first-order valence-corrected chi connectivity index (χ1v) is 9.41. The Bertz CT molecular complexity index is 917. The van der Waals surface area contributed by atoms with Crippen LogP contribution in [-0.2, 0) is 16.1 Å². The van der Waals surface area contributed by atoms with E-state index in [1.807, 2.05) is 47.8 Å². The van der Waals surface area contributed by atoms with Gasteiger partial charge in [0.05, 0.1) is 11.4 Å². The van der Waals surface area contributed by atoms with Crippen LogP contribution in [0.25, 0.3) is 10.6 Å². The average molecular weight is 383 g/mol. The molecule has 1 amide bonds. The molecule has 0 unspecified atom stereocenters. The highest BCUT2D eigenvalue weighted by atomic mass is 32.1. The first kappa shape index (κ1) is 18.8. The highest BCUT2D eigenvalue weighted by Gasteiger charge is 2.25. The molecule has 7 heteroatoms. The van der Waals surface area contributed by atoms with Crippen LogP contribution in [0.5, 0.6) is 0 Å². The fraction of sp³-hybridized carbons (Fsp3) is 0.250. The lowest BCUT2D eigenvalue weighted by Crippen LogP contribution is -2.34. The lowest BCUT2D eigenvalue weighted by molar-refractivity contribution is -0.137. The third-order valence-corrected chi connectivity index (χ3v) is 4.87. The number of likely N-dealkylation sites (N-methyl/N-ethyl adjacent to an activating group) is 1. The van der Waals surface area contributed by atoms with Crippen molar-refractivity contribution in [3.05, 3.63) is 65.2 Å². The van der Waals surface area contributed by atoms with Crippen LogP contribution in [0.1, 0.15) is 22.8 Å². The van der Waals surface area contributed by atoms with Crippen molar-refractivity contribution in [3.8, 4) is 10.6 Å². The minimum absolute atomic E-state index is 0.266. The van der Waals surface area contributed by atoms with Gasteiger partial charge in [0, 0.05) is 20.3 Å². The number of carbonyl (C=O) groups is 2.